The van der Waals surface area contributed by atoms with Crippen LogP contribution in [-0.4, -0.2) is 118 Å². The van der Waals surface area contributed by atoms with Gasteiger partial charge < -0.3 is 48.8 Å². The summed E-state index contributed by atoms with van der Waals surface area (Å²) < 4.78 is 33.9. The molecule has 0 spiro atoms. The molecule has 0 radical (unpaired) electrons. The maximum atomic E-state index is 9.30. The molecular formula is C18H36O10. The van der Waals surface area contributed by atoms with Gasteiger partial charge in [-0.3, -0.25) is 0 Å². The number of ether oxygens (including phenoxy) is 6. The van der Waals surface area contributed by atoms with Crippen molar-refractivity contribution in [3.05, 3.63) is 0 Å². The molecule has 5 atom stereocenters. The molecule has 0 saturated carbocycles. The zero-order valence-corrected chi connectivity index (χ0v) is 16.6. The van der Waals surface area contributed by atoms with Gasteiger partial charge in [0.1, 0.15) is 12.2 Å². The lowest BCUT2D eigenvalue weighted by Crippen LogP contribution is -2.58. The largest absolute Gasteiger partial charge is 0.396 e. The molecule has 5 unspecified atom stereocenters. The van der Waals surface area contributed by atoms with E-state index in [1.807, 2.05) is 0 Å². The van der Waals surface area contributed by atoms with E-state index in [-0.39, 0.29) is 58.8 Å². The first kappa shape index (κ1) is 25.6. The highest BCUT2D eigenvalue weighted by atomic mass is 16.7. The van der Waals surface area contributed by atoms with Gasteiger partial charge in [-0.05, 0) is 12.8 Å². The number of methoxy groups -OCH3 is 1. The summed E-state index contributed by atoms with van der Waals surface area (Å²) >= 11 is 0. The van der Waals surface area contributed by atoms with Crippen LogP contribution in [0, 0.1) is 5.92 Å². The van der Waals surface area contributed by atoms with E-state index in [0.717, 1.165) is 0 Å². The molecular weight excluding hydrogens is 376 g/mol. The molecule has 0 aromatic carbocycles. The Morgan fingerprint density at radius 2 is 1.39 bits per heavy atom. The van der Waals surface area contributed by atoms with Gasteiger partial charge in [-0.1, -0.05) is 0 Å². The van der Waals surface area contributed by atoms with Gasteiger partial charge in [-0.15, -0.1) is 0 Å². The Bertz CT molecular complexity index is 359. The van der Waals surface area contributed by atoms with Crippen LogP contribution in [0.2, 0.25) is 0 Å². The predicted octanol–water partition coefficient (Wildman–Crippen LogP) is -1.47. The molecule has 0 amide bonds. The van der Waals surface area contributed by atoms with Crippen LogP contribution in [-0.2, 0) is 28.4 Å². The van der Waals surface area contributed by atoms with E-state index in [9.17, 15) is 10.2 Å². The molecule has 10 nitrogen and oxygen atoms in total. The van der Waals surface area contributed by atoms with Crippen LogP contribution in [0.4, 0.5) is 0 Å². The van der Waals surface area contributed by atoms with E-state index in [0.29, 0.717) is 26.1 Å². The van der Waals surface area contributed by atoms with Crippen LogP contribution >= 0.6 is 0 Å². The van der Waals surface area contributed by atoms with Gasteiger partial charge in [0.2, 0.25) is 0 Å². The summed E-state index contributed by atoms with van der Waals surface area (Å²) in [7, 11) is 1.58. The highest BCUT2D eigenvalue weighted by Crippen LogP contribution is 2.34. The lowest BCUT2D eigenvalue weighted by Gasteiger charge is -2.46. The summed E-state index contributed by atoms with van der Waals surface area (Å²) in [6.45, 7) is 0.844. The summed E-state index contributed by atoms with van der Waals surface area (Å²) in [5.41, 5.74) is 0. The molecule has 1 saturated heterocycles. The normalized spacial score (nSPS) is 28.0. The minimum absolute atomic E-state index is 0.00790. The van der Waals surface area contributed by atoms with Crippen LogP contribution in [0.15, 0.2) is 0 Å². The third-order valence-corrected chi connectivity index (χ3v) is 4.37. The lowest BCUT2D eigenvalue weighted by atomic mass is 9.85. The molecule has 28 heavy (non-hydrogen) atoms. The molecule has 168 valence electrons. The number of aliphatic hydroxyl groups excluding tert-OH is 4. The van der Waals surface area contributed by atoms with Gasteiger partial charge in [0, 0.05) is 19.6 Å². The average molecular weight is 412 g/mol. The monoisotopic (exact) mass is 412 g/mol. The van der Waals surface area contributed by atoms with Crippen molar-refractivity contribution in [2.24, 2.45) is 5.92 Å². The van der Waals surface area contributed by atoms with Crippen LogP contribution in [0.5, 0.6) is 0 Å². The molecule has 1 heterocycles. The van der Waals surface area contributed by atoms with Crippen LogP contribution in [0.3, 0.4) is 0 Å². The van der Waals surface area contributed by atoms with Crippen LogP contribution in [0.1, 0.15) is 12.8 Å². The minimum Gasteiger partial charge on any atom is -0.396 e. The second-order valence-electron chi connectivity index (χ2n) is 6.35. The SMILES string of the molecule is COCCOCC1OC(OCCO)C(OCCO)C(CCCO)C1OCCO. The standard InChI is InChI=1S/C18H36O10/c1-23-11-12-24-13-15-16(25-8-5-20)14(3-2-4-19)17(26-9-6-21)18(28-15)27-10-7-22/h14-22H,2-13H2,1H3. The maximum Gasteiger partial charge on any atom is 0.184 e. The molecule has 0 aromatic heterocycles. The summed E-state index contributed by atoms with van der Waals surface area (Å²) in [5, 5.41) is 36.8. The van der Waals surface area contributed by atoms with E-state index in [1.54, 1.807) is 7.11 Å². The van der Waals surface area contributed by atoms with E-state index in [4.69, 9.17) is 38.6 Å². The van der Waals surface area contributed by atoms with Gasteiger partial charge in [0.05, 0.1) is 65.6 Å². The lowest BCUT2D eigenvalue weighted by molar-refractivity contribution is -0.309. The van der Waals surface area contributed by atoms with E-state index >= 15 is 0 Å². The molecule has 1 fully saturated rings. The van der Waals surface area contributed by atoms with E-state index in [2.05, 4.69) is 0 Å². The van der Waals surface area contributed by atoms with Crippen LogP contribution in [0.25, 0.3) is 0 Å². The zero-order chi connectivity index (χ0) is 20.6. The number of hydrogen-bond donors (Lipinski definition) is 4. The minimum atomic E-state index is -0.785. The smallest absolute Gasteiger partial charge is 0.184 e. The van der Waals surface area contributed by atoms with Crippen molar-refractivity contribution in [2.45, 2.75) is 37.4 Å². The van der Waals surface area contributed by atoms with Crippen molar-refractivity contribution < 1.29 is 48.8 Å². The first-order valence-electron chi connectivity index (χ1n) is 9.73. The van der Waals surface area contributed by atoms with Crippen molar-refractivity contribution in [3.8, 4) is 0 Å². The van der Waals surface area contributed by atoms with Crippen LogP contribution < -0.4 is 0 Å². The van der Waals surface area contributed by atoms with Gasteiger partial charge in [-0.25, -0.2) is 0 Å². The van der Waals surface area contributed by atoms with E-state index < -0.39 is 24.6 Å². The molecule has 0 bridgehead atoms. The Labute approximate surface area is 166 Å². The van der Waals surface area contributed by atoms with Crippen molar-refractivity contribution in [1.29, 1.82) is 0 Å². The number of aliphatic hydroxyl groups is 4. The number of rotatable bonds is 17. The molecule has 10 heteroatoms. The number of hydrogen-bond acceptors (Lipinski definition) is 10. The van der Waals surface area contributed by atoms with Crippen molar-refractivity contribution in [2.75, 3.05) is 73.2 Å². The average Bonchev–Trinajstić information content (AvgIpc) is 2.71. The molecule has 1 aliphatic heterocycles. The topological polar surface area (TPSA) is 136 Å². The van der Waals surface area contributed by atoms with Gasteiger partial charge in [0.25, 0.3) is 0 Å². The van der Waals surface area contributed by atoms with E-state index in [1.165, 1.54) is 0 Å². The highest BCUT2D eigenvalue weighted by Gasteiger charge is 2.47. The third kappa shape index (κ3) is 8.95. The highest BCUT2D eigenvalue weighted by molar-refractivity contribution is 4.91. The molecule has 4 N–H and O–H groups in total. The molecule has 0 aromatic rings. The second-order valence-corrected chi connectivity index (χ2v) is 6.35. The second kappa shape index (κ2) is 16.4. The zero-order valence-electron chi connectivity index (χ0n) is 16.6. The first-order chi connectivity index (χ1) is 13.7. The van der Waals surface area contributed by atoms with Gasteiger partial charge in [0.15, 0.2) is 6.29 Å². The quantitative estimate of drug-likeness (QED) is 0.210. The van der Waals surface area contributed by atoms with Gasteiger partial charge >= 0.3 is 0 Å². The molecule has 1 aliphatic rings. The maximum absolute atomic E-state index is 9.30. The fourth-order valence-electron chi connectivity index (χ4n) is 3.24. The summed E-state index contributed by atoms with van der Waals surface area (Å²) in [6, 6.07) is 0. The van der Waals surface area contributed by atoms with Crippen molar-refractivity contribution >= 4 is 0 Å². The fraction of sp³-hybridized carbons (Fsp3) is 1.00. The molecule has 0 aliphatic carbocycles. The summed E-state index contributed by atoms with van der Waals surface area (Å²) in [4.78, 5) is 0. The van der Waals surface area contributed by atoms with Crippen molar-refractivity contribution in [3.63, 3.8) is 0 Å². The Morgan fingerprint density at radius 1 is 0.750 bits per heavy atom. The van der Waals surface area contributed by atoms with Gasteiger partial charge in [-0.2, -0.15) is 0 Å². The summed E-state index contributed by atoms with van der Waals surface area (Å²) in [6.07, 6.45) is -1.22. The summed E-state index contributed by atoms with van der Waals surface area (Å²) in [5.74, 6) is -0.223. The predicted molar refractivity (Wildman–Crippen MR) is 97.9 cm³/mol. The Balaban J connectivity index is 2.97. The first-order valence-corrected chi connectivity index (χ1v) is 9.73. The third-order valence-electron chi connectivity index (χ3n) is 4.37. The Kier molecular flexibility index (Phi) is 15.0. The van der Waals surface area contributed by atoms with Crippen molar-refractivity contribution in [1.82, 2.24) is 0 Å². The fourth-order valence-corrected chi connectivity index (χ4v) is 3.24. The Morgan fingerprint density at radius 3 is 2.00 bits per heavy atom. The molecule has 1 rings (SSSR count). The Hall–Kier alpha value is -0.400.